The molecule has 1 aromatic heterocycles. The lowest BCUT2D eigenvalue weighted by molar-refractivity contribution is 0.0724. The third-order valence-corrected chi connectivity index (χ3v) is 6.48. The fraction of sp³-hybridized carbons (Fsp3) is 0.448. The van der Waals surface area contributed by atoms with Gasteiger partial charge in [0.15, 0.2) is 16.9 Å². The van der Waals surface area contributed by atoms with Gasteiger partial charge in [0.25, 0.3) is 5.91 Å². The number of nitrogens with zero attached hydrogens (tertiary/aromatic N) is 1. The predicted molar refractivity (Wildman–Crippen MR) is 138 cm³/mol. The summed E-state index contributed by atoms with van der Waals surface area (Å²) in [5.74, 6) is 1.50. The number of rotatable bonds is 9. The summed E-state index contributed by atoms with van der Waals surface area (Å²) in [6.45, 7) is 11.3. The van der Waals surface area contributed by atoms with Gasteiger partial charge >= 0.3 is 0 Å². The highest BCUT2D eigenvalue weighted by Gasteiger charge is 2.42. The molecule has 186 valence electrons. The molecule has 0 bridgehead atoms. The number of benzene rings is 2. The van der Waals surface area contributed by atoms with Crippen molar-refractivity contribution in [1.29, 1.82) is 0 Å². The number of fused-ring (bicyclic) bond motifs is 2. The molecule has 6 heteroatoms. The molecule has 0 saturated heterocycles. The zero-order valence-corrected chi connectivity index (χ0v) is 21.6. The van der Waals surface area contributed by atoms with Gasteiger partial charge in [0.2, 0.25) is 5.76 Å². The second-order valence-corrected chi connectivity index (χ2v) is 9.86. The smallest absolute Gasteiger partial charge is 0.290 e. The molecule has 1 aliphatic rings. The van der Waals surface area contributed by atoms with Crippen LogP contribution in [0.25, 0.3) is 11.0 Å². The van der Waals surface area contributed by atoms with Gasteiger partial charge in [-0.15, -0.1) is 0 Å². The SMILES string of the molecule is CCCCCN1C(=O)c2oc3c(C)cc(C)cc3c(=O)c2C1c1ccc(OCC(C)C)c(OC)c1. The molecule has 0 N–H and O–H groups in total. The monoisotopic (exact) mass is 477 g/mol. The number of amides is 1. The largest absolute Gasteiger partial charge is 0.493 e. The Morgan fingerprint density at radius 1 is 1.06 bits per heavy atom. The Morgan fingerprint density at radius 2 is 1.83 bits per heavy atom. The quantitative estimate of drug-likeness (QED) is 0.344. The lowest BCUT2D eigenvalue weighted by Gasteiger charge is -2.26. The molecule has 6 nitrogen and oxygen atoms in total. The van der Waals surface area contributed by atoms with Crippen molar-refractivity contribution in [2.75, 3.05) is 20.3 Å². The summed E-state index contributed by atoms with van der Waals surface area (Å²) in [5, 5.41) is 0.512. The van der Waals surface area contributed by atoms with Crippen molar-refractivity contribution in [3.05, 3.63) is 68.6 Å². The van der Waals surface area contributed by atoms with E-state index in [1.807, 2.05) is 44.2 Å². The van der Waals surface area contributed by atoms with Gasteiger partial charge in [0, 0.05) is 6.54 Å². The van der Waals surface area contributed by atoms with E-state index in [1.54, 1.807) is 12.0 Å². The van der Waals surface area contributed by atoms with Crippen molar-refractivity contribution in [2.45, 2.75) is 59.9 Å². The average Bonchev–Trinajstić information content (AvgIpc) is 3.10. The van der Waals surface area contributed by atoms with E-state index in [2.05, 4.69) is 20.8 Å². The summed E-state index contributed by atoms with van der Waals surface area (Å²) in [4.78, 5) is 29.2. The highest BCUT2D eigenvalue weighted by atomic mass is 16.5. The summed E-state index contributed by atoms with van der Waals surface area (Å²) >= 11 is 0. The number of hydrogen-bond donors (Lipinski definition) is 0. The number of ether oxygens (including phenoxy) is 2. The van der Waals surface area contributed by atoms with E-state index in [0.717, 1.165) is 36.0 Å². The standard InChI is InChI=1S/C29H35NO5/c1-7-8-9-12-30-25(20-10-11-22(23(15-20)33-6)34-16-17(2)3)24-26(31)21-14-18(4)13-19(5)27(21)35-28(24)29(30)32/h10-11,13-15,17,25H,7-9,12,16H2,1-6H3. The molecule has 0 radical (unpaired) electrons. The third kappa shape index (κ3) is 4.66. The summed E-state index contributed by atoms with van der Waals surface area (Å²) in [5.41, 5.74) is 3.37. The van der Waals surface area contributed by atoms with Crippen LogP contribution >= 0.6 is 0 Å². The van der Waals surface area contributed by atoms with Gasteiger partial charge in [-0.25, -0.2) is 0 Å². The van der Waals surface area contributed by atoms with Gasteiger partial charge in [0.05, 0.1) is 30.7 Å². The number of unbranched alkanes of at least 4 members (excludes halogenated alkanes) is 2. The second-order valence-electron chi connectivity index (χ2n) is 9.86. The van der Waals surface area contributed by atoms with E-state index in [0.29, 0.717) is 47.1 Å². The summed E-state index contributed by atoms with van der Waals surface area (Å²) in [7, 11) is 1.60. The summed E-state index contributed by atoms with van der Waals surface area (Å²) < 4.78 is 17.7. The van der Waals surface area contributed by atoms with Crippen LogP contribution in [0, 0.1) is 19.8 Å². The number of aryl methyl sites for hydroxylation is 2. The van der Waals surface area contributed by atoms with E-state index < -0.39 is 6.04 Å². The van der Waals surface area contributed by atoms with Gasteiger partial charge in [-0.2, -0.15) is 0 Å². The molecular formula is C29H35NO5. The molecule has 35 heavy (non-hydrogen) atoms. The molecule has 2 aromatic carbocycles. The first-order chi connectivity index (χ1) is 16.8. The van der Waals surface area contributed by atoms with Gasteiger partial charge in [-0.3, -0.25) is 9.59 Å². The fourth-order valence-electron chi connectivity index (χ4n) is 4.81. The molecule has 3 aromatic rings. The van der Waals surface area contributed by atoms with Crippen molar-refractivity contribution >= 4 is 16.9 Å². The maximum absolute atomic E-state index is 13.8. The average molecular weight is 478 g/mol. The van der Waals surface area contributed by atoms with E-state index >= 15 is 0 Å². The number of hydrogen-bond acceptors (Lipinski definition) is 5. The van der Waals surface area contributed by atoms with Crippen molar-refractivity contribution in [2.24, 2.45) is 5.92 Å². The van der Waals surface area contributed by atoms with Crippen LogP contribution in [0.15, 0.2) is 39.5 Å². The van der Waals surface area contributed by atoms with E-state index in [1.165, 1.54) is 0 Å². The molecule has 0 aliphatic carbocycles. The van der Waals surface area contributed by atoms with Gasteiger partial charge in [0.1, 0.15) is 5.58 Å². The molecule has 1 unspecified atom stereocenters. The second kappa shape index (κ2) is 10.1. The van der Waals surface area contributed by atoms with Crippen molar-refractivity contribution in [3.63, 3.8) is 0 Å². The zero-order valence-electron chi connectivity index (χ0n) is 21.6. The molecule has 1 amide bonds. The molecule has 2 heterocycles. The molecule has 0 spiro atoms. The van der Waals surface area contributed by atoms with Crippen LogP contribution in [0.3, 0.4) is 0 Å². The minimum atomic E-state index is -0.538. The van der Waals surface area contributed by atoms with Crippen molar-refractivity contribution in [3.8, 4) is 11.5 Å². The lowest BCUT2D eigenvalue weighted by atomic mass is 9.97. The fourth-order valence-corrected chi connectivity index (χ4v) is 4.81. The number of methoxy groups -OCH3 is 1. The van der Waals surface area contributed by atoms with Gasteiger partial charge < -0.3 is 18.8 Å². The normalized spacial score (nSPS) is 15.2. The van der Waals surface area contributed by atoms with Crippen LogP contribution in [0.1, 0.15) is 78.9 Å². The molecule has 4 rings (SSSR count). The molecule has 1 atom stereocenters. The Morgan fingerprint density at radius 3 is 2.51 bits per heavy atom. The minimum absolute atomic E-state index is 0.148. The van der Waals surface area contributed by atoms with Crippen LogP contribution in [0.5, 0.6) is 11.5 Å². The Kier molecular flexibility index (Phi) is 7.20. The Balaban J connectivity index is 1.88. The molecular weight excluding hydrogens is 442 g/mol. The van der Waals surface area contributed by atoms with Crippen LogP contribution in [0.2, 0.25) is 0 Å². The molecule has 0 saturated carbocycles. The first-order valence-electron chi connectivity index (χ1n) is 12.5. The van der Waals surface area contributed by atoms with Crippen LogP contribution < -0.4 is 14.9 Å². The van der Waals surface area contributed by atoms with E-state index in [9.17, 15) is 9.59 Å². The summed E-state index contributed by atoms with van der Waals surface area (Å²) in [6.07, 6.45) is 2.89. The van der Waals surface area contributed by atoms with Gasteiger partial charge in [-0.1, -0.05) is 45.7 Å². The van der Waals surface area contributed by atoms with Crippen molar-refractivity contribution < 1.29 is 18.7 Å². The van der Waals surface area contributed by atoms with E-state index in [-0.39, 0.29) is 17.1 Å². The van der Waals surface area contributed by atoms with Gasteiger partial charge in [-0.05, 0) is 61.1 Å². The van der Waals surface area contributed by atoms with E-state index in [4.69, 9.17) is 13.9 Å². The zero-order chi connectivity index (χ0) is 25.3. The van der Waals surface area contributed by atoms with Crippen molar-refractivity contribution in [1.82, 2.24) is 4.90 Å². The lowest BCUT2D eigenvalue weighted by Crippen LogP contribution is -2.30. The highest BCUT2D eigenvalue weighted by Crippen LogP contribution is 2.41. The Labute approximate surface area is 206 Å². The topological polar surface area (TPSA) is 69.0 Å². The first kappa shape index (κ1) is 24.8. The summed E-state index contributed by atoms with van der Waals surface area (Å²) in [6, 6.07) is 8.93. The maximum atomic E-state index is 13.8. The maximum Gasteiger partial charge on any atom is 0.290 e. The minimum Gasteiger partial charge on any atom is -0.493 e. The third-order valence-electron chi connectivity index (χ3n) is 6.48. The molecule has 1 aliphatic heterocycles. The number of carbonyl (C=O) groups is 1. The number of carbonyl (C=O) groups excluding carboxylic acids is 1. The Bertz CT molecular complexity index is 1310. The van der Waals surface area contributed by atoms with Crippen LogP contribution in [-0.4, -0.2) is 31.1 Å². The predicted octanol–water partition coefficient (Wildman–Crippen LogP) is 6.19. The first-order valence-corrected chi connectivity index (χ1v) is 12.5. The van der Waals surface area contributed by atoms with Crippen LogP contribution in [0.4, 0.5) is 0 Å². The highest BCUT2D eigenvalue weighted by molar-refractivity contribution is 5.99. The molecule has 0 fully saturated rings. The van der Waals surface area contributed by atoms with Crippen LogP contribution in [-0.2, 0) is 0 Å². The Hall–Kier alpha value is -3.28.